The van der Waals surface area contributed by atoms with Crippen LogP contribution in [0.3, 0.4) is 0 Å². The molecule has 2 amide bonds. The Morgan fingerprint density at radius 2 is 1.82 bits per heavy atom. The van der Waals surface area contributed by atoms with Crippen molar-refractivity contribution in [1.82, 2.24) is 14.9 Å². The Morgan fingerprint density at radius 3 is 2.48 bits per heavy atom. The topological polar surface area (TPSA) is 113 Å². The van der Waals surface area contributed by atoms with Gasteiger partial charge < -0.3 is 20.3 Å². The zero-order valence-electron chi connectivity index (χ0n) is 22.7. The van der Waals surface area contributed by atoms with Gasteiger partial charge in [-0.3, -0.25) is 9.59 Å². The summed E-state index contributed by atoms with van der Waals surface area (Å²) in [5.74, 6) is -1.26. The minimum Gasteiger partial charge on any atom is -0.478 e. The molecule has 0 aliphatic heterocycles. The number of amides is 2. The van der Waals surface area contributed by atoms with E-state index in [9.17, 15) is 14.4 Å². The number of nitrogens with one attached hydrogen (secondary N) is 2. The Balaban J connectivity index is 1.36. The first-order valence-corrected chi connectivity index (χ1v) is 14.2. The fraction of sp³-hybridized carbons (Fsp3) is 0.290. The fourth-order valence-electron chi connectivity index (χ4n) is 5.38. The molecule has 5 rings (SSSR count). The first-order chi connectivity index (χ1) is 19.1. The molecule has 0 atom stereocenters. The summed E-state index contributed by atoms with van der Waals surface area (Å²) in [4.78, 5) is 41.7. The summed E-state index contributed by atoms with van der Waals surface area (Å²) >= 11 is 1.62. The first-order valence-electron chi connectivity index (χ1n) is 13.3. The molecular weight excluding hydrogens is 524 g/mol. The van der Waals surface area contributed by atoms with Crippen LogP contribution < -0.4 is 10.6 Å². The van der Waals surface area contributed by atoms with Gasteiger partial charge in [0.1, 0.15) is 10.5 Å². The second-order valence-corrected chi connectivity index (χ2v) is 11.6. The summed E-state index contributed by atoms with van der Waals surface area (Å²) < 4.78 is 2.14. The monoisotopic (exact) mass is 556 g/mol. The molecule has 1 saturated carbocycles. The molecule has 2 aromatic carbocycles. The number of carbonyl (C=O) groups excluding carboxylic acids is 2. The molecule has 3 N–H and O–H groups in total. The maximum absolute atomic E-state index is 13.4. The van der Waals surface area contributed by atoms with Crippen LogP contribution in [0.4, 0.5) is 5.69 Å². The van der Waals surface area contributed by atoms with Gasteiger partial charge in [-0.1, -0.05) is 31.0 Å². The van der Waals surface area contributed by atoms with E-state index in [1.807, 2.05) is 36.8 Å². The van der Waals surface area contributed by atoms with Crippen molar-refractivity contribution in [3.05, 3.63) is 76.8 Å². The van der Waals surface area contributed by atoms with E-state index in [1.165, 1.54) is 24.5 Å². The molecule has 2 heterocycles. The highest BCUT2D eigenvalue weighted by atomic mass is 32.1. The Labute approximate surface area is 236 Å². The lowest BCUT2D eigenvalue weighted by atomic mass is 9.94. The molecule has 1 aliphatic rings. The zero-order chi connectivity index (χ0) is 28.4. The number of carboxylic acids is 1. The molecule has 1 fully saturated rings. The van der Waals surface area contributed by atoms with Gasteiger partial charge >= 0.3 is 5.97 Å². The fourth-order valence-corrected chi connectivity index (χ4v) is 6.11. The third kappa shape index (κ3) is 5.56. The second-order valence-electron chi connectivity index (χ2n) is 10.7. The highest BCUT2D eigenvalue weighted by molar-refractivity contribution is 7.13. The van der Waals surface area contributed by atoms with Gasteiger partial charge in [0.15, 0.2) is 0 Å². The summed E-state index contributed by atoms with van der Waals surface area (Å²) in [6.45, 7) is 3.31. The van der Waals surface area contributed by atoms with Crippen LogP contribution in [-0.4, -0.2) is 38.0 Å². The van der Waals surface area contributed by atoms with Crippen LogP contribution in [0.2, 0.25) is 0 Å². The minimum absolute atomic E-state index is 0.337. The number of carbonyl (C=O) groups is 3. The number of hydrogen-bond acceptors (Lipinski definition) is 5. The van der Waals surface area contributed by atoms with E-state index in [0.29, 0.717) is 22.7 Å². The van der Waals surface area contributed by atoms with Crippen molar-refractivity contribution >= 4 is 51.8 Å². The van der Waals surface area contributed by atoms with E-state index >= 15 is 0 Å². The molecule has 4 aromatic rings. The van der Waals surface area contributed by atoms with E-state index in [2.05, 4.69) is 20.2 Å². The van der Waals surface area contributed by atoms with Crippen molar-refractivity contribution in [2.45, 2.75) is 51.0 Å². The molecule has 0 unspecified atom stereocenters. The molecule has 2 aromatic heterocycles. The van der Waals surface area contributed by atoms with Gasteiger partial charge in [0.2, 0.25) is 5.91 Å². The number of rotatable bonds is 8. The maximum Gasteiger partial charge on any atom is 0.328 e. The van der Waals surface area contributed by atoms with Crippen LogP contribution in [0.25, 0.3) is 27.7 Å². The van der Waals surface area contributed by atoms with Gasteiger partial charge in [0, 0.05) is 46.9 Å². The highest BCUT2D eigenvalue weighted by Crippen LogP contribution is 2.45. The summed E-state index contributed by atoms with van der Waals surface area (Å²) in [6, 6.07) is 12.5. The normalized spacial score (nSPS) is 14.2. The Kier molecular flexibility index (Phi) is 7.58. The van der Waals surface area contributed by atoms with Gasteiger partial charge in [-0.2, -0.15) is 0 Å². The highest BCUT2D eigenvalue weighted by Gasteiger charge is 2.31. The number of aromatic nitrogens is 2. The number of benzene rings is 2. The SMILES string of the molecule is Cn1c(-c2nccs2)c(C2CCCC2)c2ccc(C(=O)NC(C)(C)C(=O)Nc3ccc(/C=C/C(=O)O)cc3)cc21. The average Bonchev–Trinajstić information content (AvgIpc) is 3.69. The second kappa shape index (κ2) is 11.1. The average molecular weight is 557 g/mol. The minimum atomic E-state index is -1.19. The summed E-state index contributed by atoms with van der Waals surface area (Å²) in [7, 11) is 2.03. The molecular formula is C31H32N4O4S. The zero-order valence-corrected chi connectivity index (χ0v) is 23.5. The Morgan fingerprint density at radius 1 is 1.10 bits per heavy atom. The number of nitrogens with zero attached hydrogens (tertiary/aromatic N) is 2. The van der Waals surface area contributed by atoms with Crippen molar-refractivity contribution in [1.29, 1.82) is 0 Å². The summed E-state index contributed by atoms with van der Waals surface area (Å²) in [5, 5.41) is 18.6. The van der Waals surface area contributed by atoms with Crippen molar-refractivity contribution in [3.63, 3.8) is 0 Å². The van der Waals surface area contributed by atoms with Crippen LogP contribution in [0.5, 0.6) is 0 Å². The Bertz CT molecular complexity index is 1590. The van der Waals surface area contributed by atoms with Crippen LogP contribution in [0.1, 0.15) is 66.9 Å². The smallest absolute Gasteiger partial charge is 0.328 e. The quantitative estimate of drug-likeness (QED) is 0.224. The van der Waals surface area contributed by atoms with E-state index in [-0.39, 0.29) is 11.8 Å². The Hall–Kier alpha value is -4.24. The molecule has 40 heavy (non-hydrogen) atoms. The number of carboxylic acid groups (broad SMARTS) is 1. The molecule has 8 nitrogen and oxygen atoms in total. The molecule has 0 spiro atoms. The van der Waals surface area contributed by atoms with Gasteiger partial charge in [-0.15, -0.1) is 11.3 Å². The lowest BCUT2D eigenvalue weighted by Gasteiger charge is -2.25. The standard InChI is InChI=1S/C31H32N4O4S/c1-31(2,30(39)33-22-12-8-19(9-13-22)10-15-25(36)37)34-28(38)21-11-14-23-24(18-21)35(3)27(29-32-16-17-40-29)26(23)20-6-4-5-7-20/h8-18,20H,4-7H2,1-3H3,(H,33,39)(H,34,38)(H,36,37)/b15-10+. The van der Waals surface area contributed by atoms with Crippen molar-refractivity contribution in [3.8, 4) is 10.7 Å². The van der Waals surface area contributed by atoms with Gasteiger partial charge in [-0.25, -0.2) is 9.78 Å². The van der Waals surface area contributed by atoms with Crippen LogP contribution >= 0.6 is 11.3 Å². The summed E-state index contributed by atoms with van der Waals surface area (Å²) in [5.41, 5.74) is 3.94. The van der Waals surface area contributed by atoms with Gasteiger partial charge in [0.05, 0.1) is 5.69 Å². The van der Waals surface area contributed by atoms with Crippen LogP contribution in [0, 0.1) is 0 Å². The largest absolute Gasteiger partial charge is 0.478 e. The van der Waals surface area contributed by atoms with E-state index in [0.717, 1.165) is 40.5 Å². The maximum atomic E-state index is 13.4. The predicted molar refractivity (Wildman–Crippen MR) is 159 cm³/mol. The lowest BCUT2D eigenvalue weighted by Crippen LogP contribution is -2.52. The van der Waals surface area contributed by atoms with Gasteiger partial charge in [0.25, 0.3) is 5.91 Å². The lowest BCUT2D eigenvalue weighted by molar-refractivity contribution is -0.131. The predicted octanol–water partition coefficient (Wildman–Crippen LogP) is 6.20. The van der Waals surface area contributed by atoms with Crippen molar-refractivity contribution in [2.75, 3.05) is 5.32 Å². The van der Waals surface area contributed by atoms with Crippen LogP contribution in [0.15, 0.2) is 60.1 Å². The van der Waals surface area contributed by atoms with Crippen molar-refractivity contribution < 1.29 is 19.5 Å². The molecule has 0 bridgehead atoms. The van der Waals surface area contributed by atoms with Gasteiger partial charge in [-0.05, 0) is 74.1 Å². The number of thiazole rings is 1. The first kappa shape index (κ1) is 27.3. The molecule has 0 radical (unpaired) electrons. The number of hydrogen-bond donors (Lipinski definition) is 3. The molecule has 9 heteroatoms. The molecule has 206 valence electrons. The summed E-state index contributed by atoms with van der Waals surface area (Å²) in [6.07, 6.45) is 9.11. The van der Waals surface area contributed by atoms with Crippen LogP contribution in [-0.2, 0) is 16.6 Å². The van der Waals surface area contributed by atoms with E-state index in [4.69, 9.17) is 5.11 Å². The number of aryl methyl sites for hydroxylation is 1. The number of fused-ring (bicyclic) bond motifs is 1. The third-order valence-corrected chi connectivity index (χ3v) is 8.26. The number of anilines is 1. The van der Waals surface area contributed by atoms with Crippen molar-refractivity contribution in [2.24, 2.45) is 7.05 Å². The van der Waals surface area contributed by atoms with E-state index < -0.39 is 11.5 Å². The van der Waals surface area contributed by atoms with E-state index in [1.54, 1.807) is 49.4 Å². The third-order valence-electron chi connectivity index (χ3n) is 7.48. The molecule has 1 aliphatic carbocycles. The number of aliphatic carboxylic acids is 1. The molecule has 0 saturated heterocycles.